The second kappa shape index (κ2) is 7.63. The van der Waals surface area contributed by atoms with E-state index in [0.717, 1.165) is 0 Å². The SMILES string of the molecule is O=C(NCCCOCCO)C1CCC(F)(F)CC1. The van der Waals surface area contributed by atoms with Crippen molar-refractivity contribution in [3.63, 3.8) is 0 Å². The fourth-order valence-electron chi connectivity index (χ4n) is 2.00. The monoisotopic (exact) mass is 265 g/mol. The molecule has 6 heteroatoms. The van der Waals surface area contributed by atoms with Crippen molar-refractivity contribution in [2.24, 2.45) is 5.92 Å². The molecule has 0 aliphatic heterocycles. The van der Waals surface area contributed by atoms with Gasteiger partial charge in [0.15, 0.2) is 0 Å². The van der Waals surface area contributed by atoms with Crippen molar-refractivity contribution in [2.75, 3.05) is 26.4 Å². The smallest absolute Gasteiger partial charge is 0.248 e. The molecule has 106 valence electrons. The van der Waals surface area contributed by atoms with Crippen molar-refractivity contribution in [3.8, 4) is 0 Å². The molecule has 1 aliphatic rings. The van der Waals surface area contributed by atoms with Crippen LogP contribution in [0.3, 0.4) is 0 Å². The van der Waals surface area contributed by atoms with Gasteiger partial charge in [-0.3, -0.25) is 4.79 Å². The third-order valence-corrected chi connectivity index (χ3v) is 3.09. The van der Waals surface area contributed by atoms with Crippen molar-refractivity contribution in [1.82, 2.24) is 5.32 Å². The maximum atomic E-state index is 12.9. The predicted octanol–water partition coefficient (Wildman–Crippen LogP) is 1.33. The molecule has 1 amide bonds. The van der Waals surface area contributed by atoms with Crippen molar-refractivity contribution < 1.29 is 23.4 Å². The molecule has 1 rings (SSSR count). The summed E-state index contributed by atoms with van der Waals surface area (Å²) in [6, 6.07) is 0. The molecule has 0 spiro atoms. The van der Waals surface area contributed by atoms with E-state index in [1.165, 1.54) is 0 Å². The summed E-state index contributed by atoms with van der Waals surface area (Å²) in [5.41, 5.74) is 0. The van der Waals surface area contributed by atoms with Gasteiger partial charge in [-0.05, 0) is 19.3 Å². The van der Waals surface area contributed by atoms with Crippen LogP contribution in [0.25, 0.3) is 0 Å². The van der Waals surface area contributed by atoms with Crippen molar-refractivity contribution >= 4 is 5.91 Å². The molecular formula is C12H21F2NO3. The highest BCUT2D eigenvalue weighted by atomic mass is 19.3. The third kappa shape index (κ3) is 5.73. The number of rotatable bonds is 7. The fraction of sp³-hybridized carbons (Fsp3) is 0.917. The number of amides is 1. The van der Waals surface area contributed by atoms with Crippen LogP contribution in [-0.4, -0.2) is 43.3 Å². The van der Waals surface area contributed by atoms with Crippen LogP contribution >= 0.6 is 0 Å². The van der Waals surface area contributed by atoms with Crippen LogP contribution in [0.5, 0.6) is 0 Å². The molecule has 1 saturated carbocycles. The lowest BCUT2D eigenvalue weighted by Gasteiger charge is -2.27. The number of carbonyl (C=O) groups is 1. The highest BCUT2D eigenvalue weighted by molar-refractivity contribution is 5.78. The molecule has 0 bridgehead atoms. The van der Waals surface area contributed by atoms with E-state index in [0.29, 0.717) is 26.2 Å². The zero-order valence-electron chi connectivity index (χ0n) is 10.5. The Morgan fingerprint density at radius 1 is 1.33 bits per heavy atom. The molecule has 0 aromatic heterocycles. The first-order chi connectivity index (χ1) is 8.55. The average molecular weight is 265 g/mol. The molecule has 2 N–H and O–H groups in total. The normalized spacial score (nSPS) is 19.7. The molecule has 0 unspecified atom stereocenters. The van der Waals surface area contributed by atoms with Gasteiger partial charge >= 0.3 is 0 Å². The number of hydrogen-bond donors (Lipinski definition) is 2. The lowest BCUT2D eigenvalue weighted by Crippen LogP contribution is -2.36. The van der Waals surface area contributed by atoms with E-state index in [9.17, 15) is 13.6 Å². The Morgan fingerprint density at radius 2 is 2.00 bits per heavy atom. The van der Waals surface area contributed by atoms with E-state index < -0.39 is 5.92 Å². The van der Waals surface area contributed by atoms with Gasteiger partial charge in [-0.25, -0.2) is 8.78 Å². The Labute approximate surface area is 106 Å². The van der Waals surface area contributed by atoms with Crippen LogP contribution in [0.15, 0.2) is 0 Å². The van der Waals surface area contributed by atoms with Crippen LogP contribution in [0.1, 0.15) is 32.1 Å². The van der Waals surface area contributed by atoms with Gasteiger partial charge in [0.1, 0.15) is 0 Å². The molecule has 0 radical (unpaired) electrons. The second-order valence-corrected chi connectivity index (χ2v) is 4.61. The van der Waals surface area contributed by atoms with Crippen molar-refractivity contribution in [3.05, 3.63) is 0 Å². The predicted molar refractivity (Wildman–Crippen MR) is 62.4 cm³/mol. The van der Waals surface area contributed by atoms with Crippen molar-refractivity contribution in [2.45, 2.75) is 38.0 Å². The standard InChI is InChI=1S/C12H21F2NO3/c13-12(14)4-2-10(3-5-12)11(17)15-6-1-8-18-9-7-16/h10,16H,1-9H2,(H,15,17). The minimum atomic E-state index is -2.59. The van der Waals surface area contributed by atoms with Gasteiger partial charge in [0.2, 0.25) is 11.8 Å². The molecule has 0 aromatic rings. The van der Waals surface area contributed by atoms with E-state index >= 15 is 0 Å². The zero-order chi connectivity index (χ0) is 13.4. The van der Waals surface area contributed by atoms with E-state index in [4.69, 9.17) is 9.84 Å². The van der Waals surface area contributed by atoms with Gasteiger partial charge in [0.25, 0.3) is 0 Å². The van der Waals surface area contributed by atoms with Gasteiger partial charge < -0.3 is 15.2 Å². The van der Waals surface area contributed by atoms with E-state index in [1.54, 1.807) is 0 Å². The summed E-state index contributed by atoms with van der Waals surface area (Å²) < 4.78 is 30.8. The van der Waals surface area contributed by atoms with Crippen LogP contribution in [0, 0.1) is 5.92 Å². The topological polar surface area (TPSA) is 58.6 Å². The molecule has 0 heterocycles. The zero-order valence-corrected chi connectivity index (χ0v) is 10.5. The molecule has 4 nitrogen and oxygen atoms in total. The lowest BCUT2D eigenvalue weighted by atomic mass is 9.86. The summed E-state index contributed by atoms with van der Waals surface area (Å²) in [4.78, 5) is 11.7. The lowest BCUT2D eigenvalue weighted by molar-refractivity contribution is -0.129. The molecule has 0 saturated heterocycles. The first-order valence-electron chi connectivity index (χ1n) is 6.39. The summed E-state index contributed by atoms with van der Waals surface area (Å²) in [6.45, 7) is 1.25. The Hall–Kier alpha value is -0.750. The molecule has 0 atom stereocenters. The summed E-state index contributed by atoms with van der Waals surface area (Å²) in [5.74, 6) is -3.00. The quantitative estimate of drug-likeness (QED) is 0.683. The largest absolute Gasteiger partial charge is 0.394 e. The van der Waals surface area contributed by atoms with Gasteiger partial charge in [0.05, 0.1) is 13.2 Å². The Balaban J connectivity index is 2.07. The minimum Gasteiger partial charge on any atom is -0.394 e. The minimum absolute atomic E-state index is 0.0113. The van der Waals surface area contributed by atoms with Crippen LogP contribution < -0.4 is 5.32 Å². The summed E-state index contributed by atoms with van der Waals surface area (Å²) in [5, 5.41) is 11.2. The maximum Gasteiger partial charge on any atom is 0.248 e. The number of carbonyl (C=O) groups excluding carboxylic acids is 1. The Morgan fingerprint density at radius 3 is 2.61 bits per heavy atom. The number of halogens is 2. The highest BCUT2D eigenvalue weighted by Gasteiger charge is 2.37. The van der Waals surface area contributed by atoms with Crippen LogP contribution in [-0.2, 0) is 9.53 Å². The maximum absolute atomic E-state index is 12.9. The number of ether oxygens (including phenoxy) is 1. The van der Waals surface area contributed by atoms with E-state index in [-0.39, 0.29) is 44.1 Å². The highest BCUT2D eigenvalue weighted by Crippen LogP contribution is 2.36. The van der Waals surface area contributed by atoms with Gasteiger partial charge in [0, 0.05) is 31.9 Å². The van der Waals surface area contributed by atoms with Gasteiger partial charge in [-0.2, -0.15) is 0 Å². The average Bonchev–Trinajstić information content (AvgIpc) is 2.33. The summed E-state index contributed by atoms with van der Waals surface area (Å²) in [7, 11) is 0. The molecule has 18 heavy (non-hydrogen) atoms. The van der Waals surface area contributed by atoms with Crippen molar-refractivity contribution in [1.29, 1.82) is 0 Å². The second-order valence-electron chi connectivity index (χ2n) is 4.61. The molecule has 0 aromatic carbocycles. The Kier molecular flexibility index (Phi) is 6.49. The van der Waals surface area contributed by atoms with Crippen LogP contribution in [0.2, 0.25) is 0 Å². The summed E-state index contributed by atoms with van der Waals surface area (Å²) in [6.07, 6.45) is 0.809. The molecule has 1 fully saturated rings. The van der Waals surface area contributed by atoms with E-state index in [1.807, 2.05) is 0 Å². The van der Waals surface area contributed by atoms with Gasteiger partial charge in [-0.15, -0.1) is 0 Å². The Bertz CT molecular complexity index is 252. The number of nitrogens with one attached hydrogen (secondary N) is 1. The molecular weight excluding hydrogens is 244 g/mol. The molecule has 1 aliphatic carbocycles. The summed E-state index contributed by atoms with van der Waals surface area (Å²) >= 11 is 0. The van der Waals surface area contributed by atoms with Crippen LogP contribution in [0.4, 0.5) is 8.78 Å². The third-order valence-electron chi connectivity index (χ3n) is 3.09. The number of hydrogen-bond acceptors (Lipinski definition) is 3. The number of aliphatic hydroxyl groups excluding tert-OH is 1. The first kappa shape index (κ1) is 15.3. The number of alkyl halides is 2. The first-order valence-corrected chi connectivity index (χ1v) is 6.39. The van der Waals surface area contributed by atoms with E-state index in [2.05, 4.69) is 5.32 Å². The number of aliphatic hydroxyl groups is 1. The fourth-order valence-corrected chi connectivity index (χ4v) is 2.00. The van der Waals surface area contributed by atoms with Gasteiger partial charge in [-0.1, -0.05) is 0 Å².